The van der Waals surface area contributed by atoms with E-state index >= 15 is 0 Å². The molecule has 0 heterocycles. The molecule has 2 aromatic carbocycles. The van der Waals surface area contributed by atoms with Gasteiger partial charge in [-0.1, -0.05) is 35.9 Å². The minimum absolute atomic E-state index is 0.334. The van der Waals surface area contributed by atoms with Crippen LogP contribution in [0.15, 0.2) is 42.5 Å². The van der Waals surface area contributed by atoms with Gasteiger partial charge in [-0.15, -0.1) is 0 Å². The first-order chi connectivity index (χ1) is 10.1. The van der Waals surface area contributed by atoms with Crippen LogP contribution in [0.25, 0.3) is 0 Å². The van der Waals surface area contributed by atoms with E-state index in [2.05, 4.69) is 30.4 Å². The van der Waals surface area contributed by atoms with Crippen LogP contribution in [-0.2, 0) is 13.0 Å². The van der Waals surface area contributed by atoms with E-state index < -0.39 is 5.97 Å². The topological polar surface area (TPSA) is 49.3 Å². The van der Waals surface area contributed by atoms with E-state index in [0.717, 1.165) is 24.9 Å². The summed E-state index contributed by atoms with van der Waals surface area (Å²) in [6, 6.07) is 14.1. The second-order valence-corrected chi connectivity index (χ2v) is 5.68. The fourth-order valence-corrected chi connectivity index (χ4v) is 2.96. The maximum Gasteiger partial charge on any atom is 0.335 e. The molecule has 2 aromatic rings. The number of nitrogens with one attached hydrogen (secondary N) is 1. The van der Waals surface area contributed by atoms with Gasteiger partial charge in [0.05, 0.1) is 5.56 Å². The molecule has 0 fully saturated rings. The first-order valence-electron chi connectivity index (χ1n) is 7.28. The zero-order valence-corrected chi connectivity index (χ0v) is 12.1. The molecular formula is C18H19NO2. The third kappa shape index (κ3) is 2.98. The summed E-state index contributed by atoms with van der Waals surface area (Å²) in [4.78, 5) is 10.8. The molecule has 21 heavy (non-hydrogen) atoms. The second kappa shape index (κ2) is 5.70. The van der Waals surface area contributed by atoms with Crippen molar-refractivity contribution in [3.05, 3.63) is 70.3 Å². The van der Waals surface area contributed by atoms with E-state index in [1.165, 1.54) is 16.7 Å². The van der Waals surface area contributed by atoms with E-state index in [0.29, 0.717) is 11.6 Å². The van der Waals surface area contributed by atoms with Gasteiger partial charge in [-0.3, -0.25) is 0 Å². The summed E-state index contributed by atoms with van der Waals surface area (Å²) in [5.41, 5.74) is 5.62. The highest BCUT2D eigenvalue weighted by molar-refractivity contribution is 5.87. The lowest BCUT2D eigenvalue weighted by Crippen LogP contribution is -2.18. The van der Waals surface area contributed by atoms with Gasteiger partial charge >= 0.3 is 5.97 Å². The molecule has 108 valence electrons. The highest BCUT2D eigenvalue weighted by Crippen LogP contribution is 2.31. The van der Waals surface area contributed by atoms with Crippen LogP contribution in [0, 0.1) is 6.92 Å². The lowest BCUT2D eigenvalue weighted by molar-refractivity contribution is 0.0697. The number of carboxylic acids is 1. The Labute approximate surface area is 124 Å². The Hall–Kier alpha value is -2.13. The summed E-state index contributed by atoms with van der Waals surface area (Å²) in [7, 11) is 0. The quantitative estimate of drug-likeness (QED) is 0.902. The van der Waals surface area contributed by atoms with Crippen molar-refractivity contribution in [2.75, 3.05) is 0 Å². The van der Waals surface area contributed by atoms with Crippen molar-refractivity contribution in [2.24, 2.45) is 0 Å². The molecule has 3 nitrogen and oxygen atoms in total. The number of benzene rings is 2. The Balaban J connectivity index is 1.65. The summed E-state index contributed by atoms with van der Waals surface area (Å²) >= 11 is 0. The predicted octanol–water partition coefficient (Wildman–Crippen LogP) is 3.47. The van der Waals surface area contributed by atoms with Gasteiger partial charge in [0.1, 0.15) is 0 Å². The van der Waals surface area contributed by atoms with Gasteiger partial charge in [0, 0.05) is 12.6 Å². The molecular weight excluding hydrogens is 262 g/mol. The number of hydrogen-bond acceptors (Lipinski definition) is 2. The summed E-state index contributed by atoms with van der Waals surface area (Å²) < 4.78 is 0. The van der Waals surface area contributed by atoms with E-state index in [1.807, 2.05) is 12.1 Å². The molecule has 3 rings (SSSR count). The van der Waals surface area contributed by atoms with Crippen LogP contribution in [0.2, 0.25) is 0 Å². The van der Waals surface area contributed by atoms with Crippen LogP contribution in [0.3, 0.4) is 0 Å². The number of carboxylic acid groups (broad SMARTS) is 1. The van der Waals surface area contributed by atoms with E-state index in [4.69, 9.17) is 5.11 Å². The van der Waals surface area contributed by atoms with E-state index in [1.54, 1.807) is 12.1 Å². The largest absolute Gasteiger partial charge is 0.478 e. The molecule has 3 heteroatoms. The number of fused-ring (bicyclic) bond motifs is 1. The molecule has 0 saturated heterocycles. The molecule has 0 saturated carbocycles. The highest BCUT2D eigenvalue weighted by atomic mass is 16.4. The van der Waals surface area contributed by atoms with Crippen LogP contribution >= 0.6 is 0 Å². The van der Waals surface area contributed by atoms with Crippen LogP contribution in [-0.4, -0.2) is 11.1 Å². The van der Waals surface area contributed by atoms with Gasteiger partial charge in [-0.2, -0.15) is 0 Å². The summed E-state index contributed by atoms with van der Waals surface area (Å²) in [5.74, 6) is -0.880. The number of carbonyl (C=O) groups is 1. The summed E-state index contributed by atoms with van der Waals surface area (Å²) in [6.07, 6.45) is 2.26. The molecule has 2 N–H and O–H groups in total. The van der Waals surface area contributed by atoms with Gasteiger partial charge in [-0.25, -0.2) is 4.79 Å². The van der Waals surface area contributed by atoms with Crippen LogP contribution in [0.5, 0.6) is 0 Å². The number of hydrogen-bond donors (Lipinski definition) is 2. The average molecular weight is 281 g/mol. The fourth-order valence-electron chi connectivity index (χ4n) is 2.96. The Morgan fingerprint density at radius 1 is 1.24 bits per heavy atom. The minimum atomic E-state index is -0.880. The summed E-state index contributed by atoms with van der Waals surface area (Å²) in [5, 5.41) is 12.5. The molecule has 0 bridgehead atoms. The van der Waals surface area contributed by atoms with Crippen LogP contribution in [0.4, 0.5) is 0 Å². The molecule has 1 aliphatic rings. The maximum atomic E-state index is 10.8. The maximum absolute atomic E-state index is 10.8. The van der Waals surface area contributed by atoms with Crippen molar-refractivity contribution in [3.63, 3.8) is 0 Å². The molecule has 0 radical (unpaired) electrons. The first-order valence-corrected chi connectivity index (χ1v) is 7.28. The Bertz CT molecular complexity index is 661. The van der Waals surface area contributed by atoms with Crippen molar-refractivity contribution >= 4 is 5.97 Å². The standard InChI is InChI=1S/C18H19NO2/c1-12-2-8-16-15(10-12)7-9-17(16)19-11-13-3-5-14(6-4-13)18(20)21/h2-6,8,10,17,19H,7,9,11H2,1H3,(H,20,21). The smallest absolute Gasteiger partial charge is 0.335 e. The lowest BCUT2D eigenvalue weighted by atomic mass is 10.1. The monoisotopic (exact) mass is 281 g/mol. The van der Waals surface area contributed by atoms with Crippen LogP contribution in [0.1, 0.15) is 45.1 Å². The molecule has 0 aromatic heterocycles. The average Bonchev–Trinajstić information content (AvgIpc) is 2.87. The van der Waals surface area contributed by atoms with Crippen molar-refractivity contribution in [1.29, 1.82) is 0 Å². The fraction of sp³-hybridized carbons (Fsp3) is 0.278. The normalized spacial score (nSPS) is 16.7. The molecule has 1 unspecified atom stereocenters. The van der Waals surface area contributed by atoms with Crippen molar-refractivity contribution < 1.29 is 9.90 Å². The SMILES string of the molecule is Cc1ccc2c(c1)CCC2NCc1ccc(C(=O)O)cc1. The van der Waals surface area contributed by atoms with Gasteiger partial charge in [0.2, 0.25) is 0 Å². The Kier molecular flexibility index (Phi) is 3.76. The number of aromatic carboxylic acids is 1. The van der Waals surface area contributed by atoms with Gasteiger partial charge in [-0.05, 0) is 48.6 Å². The summed E-state index contributed by atoms with van der Waals surface area (Å²) in [6.45, 7) is 2.89. The zero-order valence-electron chi connectivity index (χ0n) is 12.1. The lowest BCUT2D eigenvalue weighted by Gasteiger charge is -2.14. The molecule has 1 aliphatic carbocycles. The Morgan fingerprint density at radius 3 is 2.71 bits per heavy atom. The van der Waals surface area contributed by atoms with Gasteiger partial charge in [0.25, 0.3) is 0 Å². The third-order valence-corrected chi connectivity index (χ3v) is 4.13. The van der Waals surface area contributed by atoms with E-state index in [-0.39, 0.29) is 0 Å². The molecule has 1 atom stereocenters. The molecule has 0 aliphatic heterocycles. The van der Waals surface area contributed by atoms with Gasteiger partial charge < -0.3 is 10.4 Å². The highest BCUT2D eigenvalue weighted by Gasteiger charge is 2.21. The zero-order chi connectivity index (χ0) is 14.8. The Morgan fingerprint density at radius 2 is 2.00 bits per heavy atom. The van der Waals surface area contributed by atoms with Crippen molar-refractivity contribution in [2.45, 2.75) is 32.4 Å². The van der Waals surface area contributed by atoms with Crippen molar-refractivity contribution in [1.82, 2.24) is 5.32 Å². The first kappa shape index (κ1) is 13.8. The molecule has 0 spiro atoms. The van der Waals surface area contributed by atoms with Crippen molar-refractivity contribution in [3.8, 4) is 0 Å². The number of rotatable bonds is 4. The third-order valence-electron chi connectivity index (χ3n) is 4.13. The van der Waals surface area contributed by atoms with E-state index in [9.17, 15) is 4.79 Å². The van der Waals surface area contributed by atoms with Gasteiger partial charge in [0.15, 0.2) is 0 Å². The molecule has 0 amide bonds. The second-order valence-electron chi connectivity index (χ2n) is 5.68. The minimum Gasteiger partial charge on any atom is -0.478 e. The number of aryl methyl sites for hydroxylation is 2. The predicted molar refractivity (Wildman–Crippen MR) is 82.5 cm³/mol. The van der Waals surface area contributed by atoms with Crippen LogP contribution < -0.4 is 5.32 Å².